The highest BCUT2D eigenvalue weighted by Gasteiger charge is 2.16. The van der Waals surface area contributed by atoms with E-state index in [1.165, 1.54) is 24.8 Å². The van der Waals surface area contributed by atoms with Crippen molar-refractivity contribution in [1.82, 2.24) is 5.32 Å². The van der Waals surface area contributed by atoms with Crippen molar-refractivity contribution in [3.63, 3.8) is 0 Å². The standard InChI is InChI=1S/C17H26N2O2/c1-2-3-4-5-14-6-8-15(9-7-14)19-17(20)12-16-13-21-11-10-18-16/h6-9,16,18H,2-5,10-13H2,1H3,(H,19,20). The Morgan fingerprint density at radius 3 is 2.81 bits per heavy atom. The van der Waals surface area contributed by atoms with Crippen molar-refractivity contribution in [3.05, 3.63) is 29.8 Å². The Labute approximate surface area is 127 Å². The van der Waals surface area contributed by atoms with Gasteiger partial charge in [-0.15, -0.1) is 0 Å². The van der Waals surface area contributed by atoms with Crippen LogP contribution in [0.3, 0.4) is 0 Å². The van der Waals surface area contributed by atoms with Gasteiger partial charge in [0.2, 0.25) is 5.91 Å². The number of carbonyl (C=O) groups is 1. The minimum Gasteiger partial charge on any atom is -0.378 e. The number of nitrogens with one attached hydrogen (secondary N) is 2. The number of morpholine rings is 1. The quantitative estimate of drug-likeness (QED) is 0.759. The van der Waals surface area contributed by atoms with Crippen LogP contribution >= 0.6 is 0 Å². The van der Waals surface area contributed by atoms with Crippen LogP contribution in [0.1, 0.15) is 38.2 Å². The molecule has 1 aromatic rings. The lowest BCUT2D eigenvalue weighted by molar-refractivity contribution is -0.117. The average Bonchev–Trinajstić information content (AvgIpc) is 2.50. The lowest BCUT2D eigenvalue weighted by Gasteiger charge is -2.23. The van der Waals surface area contributed by atoms with E-state index < -0.39 is 0 Å². The molecule has 1 aliphatic heterocycles. The van der Waals surface area contributed by atoms with Gasteiger partial charge in [0.05, 0.1) is 13.2 Å². The summed E-state index contributed by atoms with van der Waals surface area (Å²) in [6.07, 6.45) is 5.32. The van der Waals surface area contributed by atoms with E-state index in [0.717, 1.165) is 25.3 Å². The van der Waals surface area contributed by atoms with Gasteiger partial charge in [0.15, 0.2) is 0 Å². The number of hydrogen-bond donors (Lipinski definition) is 2. The third-order valence-electron chi connectivity index (χ3n) is 3.74. The smallest absolute Gasteiger partial charge is 0.226 e. The summed E-state index contributed by atoms with van der Waals surface area (Å²) in [5, 5.41) is 6.24. The highest BCUT2D eigenvalue weighted by Crippen LogP contribution is 2.13. The Morgan fingerprint density at radius 2 is 2.14 bits per heavy atom. The Kier molecular flexibility index (Phi) is 6.70. The van der Waals surface area contributed by atoms with E-state index in [4.69, 9.17) is 4.74 Å². The van der Waals surface area contributed by atoms with Gasteiger partial charge >= 0.3 is 0 Å². The number of rotatable bonds is 7. The van der Waals surface area contributed by atoms with Crippen molar-refractivity contribution < 1.29 is 9.53 Å². The number of aryl methyl sites for hydroxylation is 1. The second-order valence-electron chi connectivity index (χ2n) is 5.63. The van der Waals surface area contributed by atoms with E-state index in [9.17, 15) is 4.79 Å². The molecule has 0 saturated carbocycles. The van der Waals surface area contributed by atoms with Gasteiger partial charge in [-0.25, -0.2) is 0 Å². The summed E-state index contributed by atoms with van der Waals surface area (Å²) in [5.74, 6) is 0.0386. The molecule has 1 heterocycles. The largest absolute Gasteiger partial charge is 0.378 e. The molecule has 21 heavy (non-hydrogen) atoms. The monoisotopic (exact) mass is 290 g/mol. The SMILES string of the molecule is CCCCCc1ccc(NC(=O)CC2COCCN2)cc1. The molecule has 116 valence electrons. The van der Waals surface area contributed by atoms with E-state index in [-0.39, 0.29) is 11.9 Å². The number of ether oxygens (including phenoxy) is 1. The first-order valence-electron chi connectivity index (χ1n) is 7.98. The van der Waals surface area contributed by atoms with Crippen molar-refractivity contribution in [2.24, 2.45) is 0 Å². The molecule has 4 nitrogen and oxygen atoms in total. The van der Waals surface area contributed by atoms with Crippen LogP contribution in [0, 0.1) is 0 Å². The highest BCUT2D eigenvalue weighted by atomic mass is 16.5. The van der Waals surface area contributed by atoms with Crippen LogP contribution in [0.4, 0.5) is 5.69 Å². The second-order valence-corrected chi connectivity index (χ2v) is 5.63. The van der Waals surface area contributed by atoms with Gasteiger partial charge < -0.3 is 15.4 Å². The number of amides is 1. The minimum absolute atomic E-state index is 0.0386. The third kappa shape index (κ3) is 5.86. The zero-order valence-electron chi connectivity index (χ0n) is 12.9. The maximum absolute atomic E-state index is 12.0. The first-order valence-corrected chi connectivity index (χ1v) is 7.98. The van der Waals surface area contributed by atoms with Gasteiger partial charge in [0.1, 0.15) is 0 Å². The maximum Gasteiger partial charge on any atom is 0.226 e. The molecule has 0 aliphatic carbocycles. The van der Waals surface area contributed by atoms with Gasteiger partial charge in [-0.05, 0) is 30.5 Å². The molecule has 1 fully saturated rings. The Morgan fingerprint density at radius 1 is 1.33 bits per heavy atom. The van der Waals surface area contributed by atoms with E-state index in [1.54, 1.807) is 0 Å². The fourth-order valence-electron chi connectivity index (χ4n) is 2.52. The number of carbonyl (C=O) groups excluding carboxylic acids is 1. The number of anilines is 1. The molecule has 1 atom stereocenters. The molecule has 1 unspecified atom stereocenters. The van der Waals surface area contributed by atoms with Crippen LogP contribution in [-0.4, -0.2) is 31.7 Å². The van der Waals surface area contributed by atoms with Crippen molar-refractivity contribution in [3.8, 4) is 0 Å². The zero-order chi connectivity index (χ0) is 14.9. The Hall–Kier alpha value is -1.39. The molecule has 0 bridgehead atoms. The van der Waals surface area contributed by atoms with Crippen molar-refractivity contribution in [2.45, 2.75) is 45.1 Å². The van der Waals surface area contributed by atoms with E-state index in [0.29, 0.717) is 13.0 Å². The highest BCUT2D eigenvalue weighted by molar-refractivity contribution is 5.91. The molecule has 0 aromatic heterocycles. The molecule has 2 N–H and O–H groups in total. The lowest BCUT2D eigenvalue weighted by atomic mass is 10.1. The Balaban J connectivity index is 1.75. The van der Waals surface area contributed by atoms with Gasteiger partial charge in [0, 0.05) is 24.7 Å². The first kappa shape index (κ1) is 16.0. The van der Waals surface area contributed by atoms with Crippen molar-refractivity contribution in [1.29, 1.82) is 0 Å². The Bertz CT molecular complexity index is 425. The maximum atomic E-state index is 12.0. The molecule has 1 aromatic carbocycles. The molecule has 0 spiro atoms. The number of unbranched alkanes of at least 4 members (excludes halogenated alkanes) is 2. The normalized spacial score (nSPS) is 18.4. The summed E-state index contributed by atoms with van der Waals surface area (Å²) >= 11 is 0. The summed E-state index contributed by atoms with van der Waals surface area (Å²) in [6, 6.07) is 8.32. The van der Waals surface area contributed by atoms with E-state index in [2.05, 4.69) is 29.7 Å². The molecule has 1 aliphatic rings. The van der Waals surface area contributed by atoms with Crippen molar-refractivity contribution >= 4 is 11.6 Å². The predicted octanol–water partition coefficient (Wildman–Crippen LogP) is 2.74. The zero-order valence-corrected chi connectivity index (χ0v) is 12.9. The lowest BCUT2D eigenvalue weighted by Crippen LogP contribution is -2.43. The molecule has 1 amide bonds. The molecular weight excluding hydrogens is 264 g/mol. The van der Waals surface area contributed by atoms with Crippen LogP contribution in [0.2, 0.25) is 0 Å². The summed E-state index contributed by atoms with van der Waals surface area (Å²) in [7, 11) is 0. The molecule has 0 radical (unpaired) electrons. The molecule has 4 heteroatoms. The number of benzene rings is 1. The van der Waals surface area contributed by atoms with Crippen molar-refractivity contribution in [2.75, 3.05) is 25.1 Å². The fraction of sp³-hybridized carbons (Fsp3) is 0.588. The van der Waals surface area contributed by atoms with Crippen LogP contribution in [0.25, 0.3) is 0 Å². The van der Waals surface area contributed by atoms with E-state index >= 15 is 0 Å². The molecule has 1 saturated heterocycles. The summed E-state index contributed by atoms with van der Waals surface area (Å²) < 4.78 is 5.35. The predicted molar refractivity (Wildman–Crippen MR) is 85.5 cm³/mol. The van der Waals surface area contributed by atoms with Gasteiger partial charge in [-0.2, -0.15) is 0 Å². The van der Waals surface area contributed by atoms with Gasteiger partial charge in [0.25, 0.3) is 0 Å². The minimum atomic E-state index is 0.0386. The topological polar surface area (TPSA) is 50.4 Å². The van der Waals surface area contributed by atoms with Gasteiger partial charge in [-0.3, -0.25) is 4.79 Å². The van der Waals surface area contributed by atoms with Crippen LogP contribution < -0.4 is 10.6 Å². The summed E-state index contributed by atoms with van der Waals surface area (Å²) in [5.41, 5.74) is 2.21. The number of hydrogen-bond acceptors (Lipinski definition) is 3. The summed E-state index contributed by atoms with van der Waals surface area (Å²) in [6.45, 7) is 4.39. The fourth-order valence-corrected chi connectivity index (χ4v) is 2.52. The van der Waals surface area contributed by atoms with Crippen LogP contribution in [-0.2, 0) is 16.0 Å². The molecule has 2 rings (SSSR count). The summed E-state index contributed by atoms with van der Waals surface area (Å²) in [4.78, 5) is 12.0. The van der Waals surface area contributed by atoms with Crippen LogP contribution in [0.15, 0.2) is 24.3 Å². The average molecular weight is 290 g/mol. The first-order chi connectivity index (χ1) is 10.3. The van der Waals surface area contributed by atoms with E-state index in [1.807, 2.05) is 12.1 Å². The van der Waals surface area contributed by atoms with Crippen LogP contribution in [0.5, 0.6) is 0 Å². The second kappa shape index (κ2) is 8.80. The van der Waals surface area contributed by atoms with Gasteiger partial charge in [-0.1, -0.05) is 31.9 Å². The molecular formula is C17H26N2O2. The third-order valence-corrected chi connectivity index (χ3v) is 3.74.